The van der Waals surface area contributed by atoms with Gasteiger partial charge in [0.15, 0.2) is 11.6 Å². The molecule has 5 nitrogen and oxygen atoms in total. The third-order valence-electron chi connectivity index (χ3n) is 4.75. The molecule has 0 unspecified atom stereocenters. The molecule has 0 saturated heterocycles. The summed E-state index contributed by atoms with van der Waals surface area (Å²) in [5.41, 5.74) is 9.37. The molecule has 8 heteroatoms. The quantitative estimate of drug-likeness (QED) is 0.334. The van der Waals surface area contributed by atoms with Crippen LogP contribution in [0.5, 0.6) is 11.5 Å². The molecule has 0 aliphatic carbocycles. The molecule has 0 aliphatic rings. The molecule has 1 aromatic heterocycles. The summed E-state index contributed by atoms with van der Waals surface area (Å²) in [6.45, 7) is 3.94. The number of aryl methyl sites for hydroxylation is 2. The molecular weight excluding hydrogens is 440 g/mol. The summed E-state index contributed by atoms with van der Waals surface area (Å²) in [7, 11) is 0. The first-order valence-electron chi connectivity index (χ1n) is 9.41. The zero-order valence-electron chi connectivity index (χ0n) is 16.7. The largest absolute Gasteiger partial charge is 0.453 e. The van der Waals surface area contributed by atoms with E-state index in [1.807, 2.05) is 32.0 Å². The van der Waals surface area contributed by atoms with Crippen LogP contribution in [0.3, 0.4) is 0 Å². The van der Waals surface area contributed by atoms with Gasteiger partial charge in [0.25, 0.3) is 0 Å². The van der Waals surface area contributed by atoms with Crippen molar-refractivity contribution in [2.75, 3.05) is 5.73 Å². The Morgan fingerprint density at radius 1 is 1.03 bits per heavy atom. The fourth-order valence-electron chi connectivity index (χ4n) is 3.31. The van der Waals surface area contributed by atoms with E-state index in [0.717, 1.165) is 16.7 Å². The van der Waals surface area contributed by atoms with Gasteiger partial charge >= 0.3 is 0 Å². The first kappa shape index (κ1) is 21.2. The van der Waals surface area contributed by atoms with E-state index in [-0.39, 0.29) is 28.8 Å². The van der Waals surface area contributed by atoms with Crippen LogP contribution in [0.25, 0.3) is 11.5 Å². The Bertz CT molecular complexity index is 1230. The van der Waals surface area contributed by atoms with Gasteiger partial charge in [-0.1, -0.05) is 47.5 Å². The summed E-state index contributed by atoms with van der Waals surface area (Å²) in [5.74, 6) is 0.189. The molecule has 0 saturated carbocycles. The van der Waals surface area contributed by atoms with E-state index in [1.54, 1.807) is 18.2 Å². The van der Waals surface area contributed by atoms with Crippen molar-refractivity contribution in [2.45, 2.75) is 20.3 Å². The van der Waals surface area contributed by atoms with E-state index in [9.17, 15) is 0 Å². The highest BCUT2D eigenvalue weighted by atomic mass is 35.5. The molecule has 2 N–H and O–H groups in total. The zero-order valence-corrected chi connectivity index (χ0v) is 18.3. The second kappa shape index (κ2) is 8.57. The lowest BCUT2D eigenvalue weighted by molar-refractivity contribution is 0.437. The van der Waals surface area contributed by atoms with Gasteiger partial charge in [-0.25, -0.2) is 4.39 Å². The fourth-order valence-corrected chi connectivity index (χ4v) is 3.72. The summed E-state index contributed by atoms with van der Waals surface area (Å²) in [5, 5.41) is 8.70. The van der Waals surface area contributed by atoms with Gasteiger partial charge in [0.05, 0.1) is 11.4 Å². The van der Waals surface area contributed by atoms with Gasteiger partial charge in [-0.2, -0.15) is 0 Å². The van der Waals surface area contributed by atoms with Crippen molar-refractivity contribution < 1.29 is 13.5 Å². The minimum absolute atomic E-state index is 0.0783. The number of nitrogen functional groups attached to an aromatic ring is 1. The highest BCUT2D eigenvalue weighted by Gasteiger charge is 2.19. The number of hydrogen-bond acceptors (Lipinski definition) is 5. The van der Waals surface area contributed by atoms with E-state index in [0.29, 0.717) is 22.2 Å². The molecule has 0 bridgehead atoms. The SMILES string of the molecule is Cc1cccc(C)c1-c1nnc(Cc2ccc(Cl)c(Oc3cc(N)cc(Cl)c3)c2F)o1. The van der Waals surface area contributed by atoms with Crippen LogP contribution in [0, 0.1) is 19.7 Å². The number of ether oxygens (including phenoxy) is 1. The summed E-state index contributed by atoms with van der Waals surface area (Å²) in [6.07, 6.45) is 0.0783. The molecule has 1 heterocycles. The van der Waals surface area contributed by atoms with Crippen LogP contribution in [0.1, 0.15) is 22.6 Å². The van der Waals surface area contributed by atoms with Crippen molar-refractivity contribution in [2.24, 2.45) is 0 Å². The maximum Gasteiger partial charge on any atom is 0.248 e. The Morgan fingerprint density at radius 3 is 2.48 bits per heavy atom. The number of nitrogens with two attached hydrogens (primary N) is 1. The van der Waals surface area contributed by atoms with Crippen LogP contribution in [0.4, 0.5) is 10.1 Å². The number of anilines is 1. The van der Waals surface area contributed by atoms with Gasteiger partial charge < -0.3 is 14.9 Å². The maximum atomic E-state index is 15.2. The van der Waals surface area contributed by atoms with Gasteiger partial charge in [-0.3, -0.25) is 0 Å². The summed E-state index contributed by atoms with van der Waals surface area (Å²) < 4.78 is 26.7. The maximum absolute atomic E-state index is 15.2. The number of nitrogens with zero attached hydrogens (tertiary/aromatic N) is 2. The molecular formula is C23H18Cl2FN3O2. The third-order valence-corrected chi connectivity index (χ3v) is 5.26. The van der Waals surface area contributed by atoms with E-state index < -0.39 is 5.82 Å². The first-order chi connectivity index (χ1) is 14.8. The fraction of sp³-hybridized carbons (Fsp3) is 0.130. The highest BCUT2D eigenvalue weighted by molar-refractivity contribution is 6.32. The zero-order chi connectivity index (χ0) is 22.1. The third kappa shape index (κ3) is 4.50. The van der Waals surface area contributed by atoms with Crippen LogP contribution in [0.15, 0.2) is 52.9 Å². The Morgan fingerprint density at radius 2 is 1.77 bits per heavy atom. The van der Waals surface area contributed by atoms with Crippen LogP contribution >= 0.6 is 23.2 Å². The minimum Gasteiger partial charge on any atom is -0.453 e. The predicted octanol–water partition coefficient (Wildman–Crippen LogP) is 6.76. The molecule has 0 aliphatic heterocycles. The lowest BCUT2D eigenvalue weighted by atomic mass is 10.0. The summed E-state index contributed by atoms with van der Waals surface area (Å²) in [4.78, 5) is 0. The molecule has 0 fully saturated rings. The molecule has 0 atom stereocenters. The summed E-state index contributed by atoms with van der Waals surface area (Å²) in [6, 6.07) is 13.6. The monoisotopic (exact) mass is 457 g/mol. The average molecular weight is 458 g/mol. The van der Waals surface area contributed by atoms with E-state index in [2.05, 4.69) is 10.2 Å². The minimum atomic E-state index is -0.627. The normalized spacial score (nSPS) is 11.0. The first-order valence-corrected chi connectivity index (χ1v) is 10.2. The lowest BCUT2D eigenvalue weighted by Crippen LogP contribution is -1.98. The number of aromatic nitrogens is 2. The van der Waals surface area contributed by atoms with Crippen LogP contribution < -0.4 is 10.5 Å². The van der Waals surface area contributed by atoms with Crippen LogP contribution in [-0.4, -0.2) is 10.2 Å². The number of hydrogen-bond donors (Lipinski definition) is 1. The van der Waals surface area contributed by atoms with E-state index in [4.69, 9.17) is 38.1 Å². The standard InChI is InChI=1S/C23H18Cl2FN3O2/c1-12-4-3-5-13(2)20(12)23-29-28-19(31-23)8-14-6-7-18(25)22(21(14)26)30-17-10-15(24)9-16(27)11-17/h3-7,9-11H,8,27H2,1-2H3. The van der Waals surface area contributed by atoms with Gasteiger partial charge in [-0.15, -0.1) is 10.2 Å². The van der Waals surface area contributed by atoms with Gasteiger partial charge in [0.1, 0.15) is 5.75 Å². The molecule has 0 spiro atoms. The van der Waals surface area contributed by atoms with Crippen molar-refractivity contribution in [3.63, 3.8) is 0 Å². The van der Waals surface area contributed by atoms with Crippen LogP contribution in [0.2, 0.25) is 10.0 Å². The Kier molecular flexibility index (Phi) is 5.85. The van der Waals surface area contributed by atoms with Gasteiger partial charge in [0, 0.05) is 27.9 Å². The van der Waals surface area contributed by atoms with Crippen LogP contribution in [-0.2, 0) is 6.42 Å². The average Bonchev–Trinajstić information content (AvgIpc) is 3.14. The van der Waals surface area contributed by atoms with Gasteiger partial charge in [-0.05, 0) is 43.2 Å². The second-order valence-corrected chi connectivity index (χ2v) is 7.96. The predicted molar refractivity (Wildman–Crippen MR) is 119 cm³/mol. The Hall–Kier alpha value is -3.09. The molecule has 3 aromatic carbocycles. The molecule has 158 valence electrons. The Labute approximate surface area is 188 Å². The lowest BCUT2D eigenvalue weighted by Gasteiger charge is -2.12. The molecule has 0 amide bonds. The highest BCUT2D eigenvalue weighted by Crippen LogP contribution is 2.36. The molecule has 4 rings (SSSR count). The second-order valence-electron chi connectivity index (χ2n) is 7.12. The van der Waals surface area contributed by atoms with E-state index in [1.165, 1.54) is 12.1 Å². The Balaban J connectivity index is 1.63. The number of rotatable bonds is 5. The van der Waals surface area contributed by atoms with Crippen molar-refractivity contribution >= 4 is 28.9 Å². The summed E-state index contributed by atoms with van der Waals surface area (Å²) >= 11 is 12.2. The topological polar surface area (TPSA) is 74.2 Å². The van der Waals surface area contributed by atoms with Gasteiger partial charge in [0.2, 0.25) is 11.8 Å². The number of halogens is 3. The van der Waals surface area contributed by atoms with Crippen molar-refractivity contribution in [3.8, 4) is 23.0 Å². The molecule has 0 radical (unpaired) electrons. The van der Waals surface area contributed by atoms with E-state index >= 15 is 4.39 Å². The van der Waals surface area contributed by atoms with Crippen molar-refractivity contribution in [1.29, 1.82) is 0 Å². The smallest absolute Gasteiger partial charge is 0.248 e. The van der Waals surface area contributed by atoms with Crippen molar-refractivity contribution in [1.82, 2.24) is 10.2 Å². The van der Waals surface area contributed by atoms with Crippen molar-refractivity contribution in [3.05, 3.63) is 87.0 Å². The number of benzene rings is 3. The molecule has 31 heavy (non-hydrogen) atoms. The molecule has 4 aromatic rings.